The Morgan fingerprint density at radius 1 is 1.00 bits per heavy atom. The maximum atomic E-state index is 12.2. The summed E-state index contributed by atoms with van der Waals surface area (Å²) in [5, 5.41) is 0. The summed E-state index contributed by atoms with van der Waals surface area (Å²) < 4.78 is 92.4. The molecule has 0 aliphatic carbocycles. The highest BCUT2D eigenvalue weighted by atomic mass is 32.1. The molecule has 0 aliphatic rings. The summed E-state index contributed by atoms with van der Waals surface area (Å²) in [6.07, 6.45) is -6.48. The third-order valence-electron chi connectivity index (χ3n) is 1.15. The second-order valence-corrected chi connectivity index (χ2v) is 2.70. The van der Waals surface area contributed by atoms with Gasteiger partial charge in [-0.2, -0.15) is 30.7 Å². The molecule has 84 valence electrons. The van der Waals surface area contributed by atoms with Gasteiger partial charge in [-0.05, 0) is 0 Å². The lowest BCUT2D eigenvalue weighted by molar-refractivity contribution is -0.336. The van der Waals surface area contributed by atoms with Crippen LogP contribution in [-0.2, 0) is 11.3 Å². The number of alkyl halides is 7. The maximum Gasteiger partial charge on any atom is 0.460 e. The minimum Gasteiger partial charge on any atom is -0.290 e. The number of hydrogen-bond acceptors (Lipinski definition) is 1. The number of rotatable bonds is 2. The predicted molar refractivity (Wildman–Crippen MR) is 33.3 cm³/mol. The van der Waals surface area contributed by atoms with E-state index in [9.17, 15) is 34.9 Å². The molecule has 0 unspecified atom stereocenters. The van der Waals surface area contributed by atoms with Crippen molar-refractivity contribution in [3.05, 3.63) is 0 Å². The van der Waals surface area contributed by atoms with Crippen molar-refractivity contribution in [2.24, 2.45) is 5.73 Å². The van der Waals surface area contributed by atoms with Crippen molar-refractivity contribution < 1.29 is 34.9 Å². The minimum absolute atomic E-state index is 1.31. The summed E-state index contributed by atoms with van der Waals surface area (Å²) >= 11 is -1.31. The molecule has 0 fully saturated rings. The first-order valence-electron chi connectivity index (χ1n) is 2.73. The normalized spacial score (nSPS) is 14.0. The van der Waals surface area contributed by atoms with E-state index in [0.717, 1.165) is 0 Å². The highest BCUT2D eigenvalue weighted by Crippen LogP contribution is 2.46. The van der Waals surface area contributed by atoms with Gasteiger partial charge in [0, 0.05) is 0 Å². The number of nitrogens with two attached hydrogens (primary N) is 1. The Morgan fingerprint density at radius 2 is 1.36 bits per heavy atom. The number of hydrogen-bond donors (Lipinski definition) is 1. The van der Waals surface area contributed by atoms with Crippen LogP contribution in [0.4, 0.5) is 30.7 Å². The molecule has 0 radical (unpaired) electrons. The molecular weight excluding hydrogens is 243 g/mol. The monoisotopic (exact) mass is 245 g/mol. The second kappa shape index (κ2) is 3.50. The van der Waals surface area contributed by atoms with Gasteiger partial charge >= 0.3 is 18.0 Å². The van der Waals surface area contributed by atoms with Crippen LogP contribution in [-0.4, -0.2) is 27.2 Å². The van der Waals surface area contributed by atoms with E-state index in [4.69, 9.17) is 0 Å². The van der Waals surface area contributed by atoms with Gasteiger partial charge in [-0.1, -0.05) is 0 Å². The average molecular weight is 245 g/mol. The van der Waals surface area contributed by atoms with Gasteiger partial charge < -0.3 is 0 Å². The van der Waals surface area contributed by atoms with Crippen LogP contribution in [0.5, 0.6) is 0 Å². The average Bonchev–Trinajstić information content (AvgIpc) is 2.00. The van der Waals surface area contributed by atoms with Crippen molar-refractivity contribution in [1.82, 2.24) is 0 Å². The molecule has 0 saturated heterocycles. The van der Waals surface area contributed by atoms with Crippen molar-refractivity contribution in [1.29, 1.82) is 0 Å². The largest absolute Gasteiger partial charge is 0.460 e. The lowest BCUT2D eigenvalue weighted by atomic mass is 10.1. The van der Waals surface area contributed by atoms with E-state index in [-0.39, 0.29) is 0 Å². The lowest BCUT2D eigenvalue weighted by Gasteiger charge is -2.26. The fourth-order valence-corrected chi connectivity index (χ4v) is 0.618. The standard InChI is InChI=1S/C4H2F7NOS/c5-2(6,1(12)14-13)3(7,8)4(9,10)11/h12H2. The molecule has 14 heavy (non-hydrogen) atoms. The van der Waals surface area contributed by atoms with Gasteiger partial charge in [0.05, 0.1) is 0 Å². The Balaban J connectivity index is 5.40. The van der Waals surface area contributed by atoms with Gasteiger partial charge in [0.2, 0.25) is 0 Å². The molecule has 0 heterocycles. The smallest absolute Gasteiger partial charge is 0.290 e. The first-order chi connectivity index (χ1) is 5.98. The molecule has 10 heteroatoms. The highest BCUT2D eigenvalue weighted by Gasteiger charge is 2.74. The summed E-state index contributed by atoms with van der Waals surface area (Å²) in [5.74, 6) is -12.1. The van der Waals surface area contributed by atoms with Crippen LogP contribution in [0.15, 0.2) is 0 Å². The molecule has 2 N–H and O–H groups in total. The van der Waals surface area contributed by atoms with Crippen molar-refractivity contribution in [2.75, 3.05) is 0 Å². The zero-order valence-electron chi connectivity index (χ0n) is 6.04. The maximum absolute atomic E-state index is 12.2. The summed E-state index contributed by atoms with van der Waals surface area (Å²) in [7, 11) is 0. The van der Waals surface area contributed by atoms with E-state index in [2.05, 4.69) is 5.73 Å². The van der Waals surface area contributed by atoms with E-state index in [1.54, 1.807) is 0 Å². The quantitative estimate of drug-likeness (QED) is 0.585. The van der Waals surface area contributed by atoms with Gasteiger partial charge in [-0.25, -0.2) is 4.21 Å². The van der Waals surface area contributed by atoms with Gasteiger partial charge in [-0.3, -0.25) is 5.73 Å². The van der Waals surface area contributed by atoms with E-state index < -0.39 is 34.3 Å². The highest BCUT2D eigenvalue weighted by molar-refractivity contribution is 7.66. The number of halogens is 7. The van der Waals surface area contributed by atoms with Crippen LogP contribution in [0.2, 0.25) is 0 Å². The van der Waals surface area contributed by atoms with Crippen LogP contribution in [0.25, 0.3) is 0 Å². The van der Waals surface area contributed by atoms with Crippen LogP contribution >= 0.6 is 0 Å². The third kappa shape index (κ3) is 1.90. The summed E-state index contributed by atoms with van der Waals surface area (Å²) in [6, 6.07) is 0. The first-order valence-corrected chi connectivity index (χ1v) is 3.47. The van der Waals surface area contributed by atoms with Crippen LogP contribution in [0.3, 0.4) is 0 Å². The van der Waals surface area contributed by atoms with E-state index in [0.29, 0.717) is 0 Å². The molecule has 0 atom stereocenters. The molecule has 0 bridgehead atoms. The van der Waals surface area contributed by atoms with E-state index >= 15 is 0 Å². The second-order valence-electron chi connectivity index (χ2n) is 2.09. The molecule has 2 nitrogen and oxygen atoms in total. The van der Waals surface area contributed by atoms with Gasteiger partial charge in [0.25, 0.3) is 0 Å². The van der Waals surface area contributed by atoms with Crippen molar-refractivity contribution >= 4 is 16.2 Å². The summed E-state index contributed by atoms with van der Waals surface area (Å²) in [6.45, 7) is 0. The molecule has 0 aromatic rings. The Bertz CT molecular complexity index is 278. The molecular formula is C4H2F7NOS. The summed E-state index contributed by atoms with van der Waals surface area (Å²) in [4.78, 5) is -2.33. The van der Waals surface area contributed by atoms with E-state index in [1.165, 1.54) is 0 Å². The molecule has 0 spiro atoms. The Labute approximate surface area is 75.9 Å². The Hall–Kier alpha value is -0.640. The fourth-order valence-electron chi connectivity index (χ4n) is 0.385. The van der Waals surface area contributed by atoms with Gasteiger partial charge in [0.15, 0.2) is 4.99 Å². The third-order valence-corrected chi connectivity index (χ3v) is 1.59. The first kappa shape index (κ1) is 13.4. The zero-order valence-corrected chi connectivity index (χ0v) is 6.86. The van der Waals surface area contributed by atoms with Gasteiger partial charge in [-0.15, -0.1) is 0 Å². The summed E-state index contributed by atoms with van der Waals surface area (Å²) in [5.41, 5.74) is 4.07. The molecule has 0 aliphatic heterocycles. The molecule has 0 rings (SSSR count). The van der Waals surface area contributed by atoms with Crippen LogP contribution in [0.1, 0.15) is 0 Å². The predicted octanol–water partition coefficient (Wildman–Crippen LogP) is 1.12. The van der Waals surface area contributed by atoms with Crippen LogP contribution < -0.4 is 5.73 Å². The topological polar surface area (TPSA) is 43.1 Å². The Morgan fingerprint density at radius 3 is 1.57 bits per heavy atom. The minimum atomic E-state index is -6.48. The van der Waals surface area contributed by atoms with Gasteiger partial charge in [0.1, 0.15) is 11.3 Å². The SMILES string of the molecule is NC(=S=O)C(F)(F)C(F)(F)C(F)(F)F. The molecule has 0 aromatic heterocycles. The molecule has 0 saturated carbocycles. The Kier molecular flexibility index (Phi) is 3.34. The van der Waals surface area contributed by atoms with Crippen molar-refractivity contribution in [3.8, 4) is 0 Å². The molecule has 0 amide bonds. The zero-order chi connectivity index (χ0) is 11.8. The van der Waals surface area contributed by atoms with Crippen molar-refractivity contribution in [2.45, 2.75) is 18.0 Å². The van der Waals surface area contributed by atoms with E-state index in [1.807, 2.05) is 0 Å². The fraction of sp³-hybridized carbons (Fsp3) is 0.750. The van der Waals surface area contributed by atoms with Crippen molar-refractivity contribution in [3.63, 3.8) is 0 Å². The van der Waals surface area contributed by atoms with Crippen LogP contribution in [0, 0.1) is 0 Å². The lowest BCUT2D eigenvalue weighted by Crippen LogP contribution is -2.58. The molecule has 0 aromatic carbocycles.